The summed E-state index contributed by atoms with van der Waals surface area (Å²) >= 11 is 5.98. The third-order valence-electron chi connectivity index (χ3n) is 3.02. The summed E-state index contributed by atoms with van der Waals surface area (Å²) < 4.78 is 0. The molecular weight excluding hydrogens is 226 g/mol. The number of phenolic OH excluding ortho intramolecular Hbond substituents is 1. The molecule has 1 N–H and O–H groups in total. The van der Waals surface area contributed by atoms with E-state index in [1.807, 2.05) is 6.92 Å². The van der Waals surface area contributed by atoms with Crippen molar-refractivity contribution in [1.29, 1.82) is 0 Å². The van der Waals surface area contributed by atoms with Gasteiger partial charge >= 0.3 is 0 Å². The molecule has 1 aliphatic carbocycles. The molecule has 1 aromatic rings. The van der Waals surface area contributed by atoms with Gasteiger partial charge in [0.05, 0.1) is 0 Å². The fourth-order valence-electron chi connectivity index (χ4n) is 1.93. The number of aromatic hydroxyl groups is 1. The smallest absolute Gasteiger partial charge is 0.235 e. The fraction of sp³-hybridized carbons (Fsp3) is 0.417. The van der Waals surface area contributed by atoms with Crippen molar-refractivity contribution in [3.63, 3.8) is 0 Å². The quantitative estimate of drug-likeness (QED) is 0.649. The van der Waals surface area contributed by atoms with Gasteiger partial charge in [-0.25, -0.2) is 4.79 Å². The Hall–Kier alpha value is -1.31. The van der Waals surface area contributed by atoms with Crippen LogP contribution in [0, 0.1) is 0 Å². The molecule has 1 saturated carbocycles. The molecule has 84 valence electrons. The van der Waals surface area contributed by atoms with E-state index in [0.717, 1.165) is 18.4 Å². The minimum atomic E-state index is -0.569. The maximum Gasteiger partial charge on any atom is 0.235 e. The Labute approximate surface area is 98.8 Å². The van der Waals surface area contributed by atoms with E-state index in [1.54, 1.807) is 18.2 Å². The van der Waals surface area contributed by atoms with Gasteiger partial charge in [-0.2, -0.15) is 4.99 Å². The zero-order valence-corrected chi connectivity index (χ0v) is 9.71. The van der Waals surface area contributed by atoms with Gasteiger partial charge in [0.2, 0.25) is 6.08 Å². The first-order chi connectivity index (χ1) is 7.63. The van der Waals surface area contributed by atoms with Crippen molar-refractivity contribution in [3.05, 3.63) is 28.3 Å². The van der Waals surface area contributed by atoms with Crippen LogP contribution in [0.4, 0.5) is 0 Å². The van der Waals surface area contributed by atoms with Gasteiger partial charge in [0.1, 0.15) is 11.3 Å². The van der Waals surface area contributed by atoms with Crippen molar-refractivity contribution >= 4 is 17.7 Å². The first-order valence-corrected chi connectivity index (χ1v) is 5.61. The van der Waals surface area contributed by atoms with E-state index in [0.29, 0.717) is 17.0 Å². The van der Waals surface area contributed by atoms with E-state index in [2.05, 4.69) is 4.99 Å². The van der Waals surface area contributed by atoms with E-state index >= 15 is 0 Å². The van der Waals surface area contributed by atoms with Crippen LogP contribution in [-0.2, 0) is 16.8 Å². The lowest BCUT2D eigenvalue weighted by Gasteiger charge is -2.14. The summed E-state index contributed by atoms with van der Waals surface area (Å²) in [4.78, 5) is 14.2. The van der Waals surface area contributed by atoms with E-state index in [4.69, 9.17) is 11.6 Å². The van der Waals surface area contributed by atoms with Crippen molar-refractivity contribution in [1.82, 2.24) is 0 Å². The Morgan fingerprint density at radius 2 is 2.25 bits per heavy atom. The maximum absolute atomic E-state index is 10.4. The summed E-state index contributed by atoms with van der Waals surface area (Å²) in [6, 6.07) is 3.42. The van der Waals surface area contributed by atoms with Crippen LogP contribution in [0.2, 0.25) is 5.02 Å². The Bertz CT molecular complexity index is 474. The van der Waals surface area contributed by atoms with Crippen molar-refractivity contribution in [2.75, 3.05) is 0 Å². The molecule has 0 amide bonds. The standard InChI is InChI=1S/C12H12ClNO2/c1-2-8-5-9(13)6-10(11(8)16)12(3-4-12)14-7-15/h5-6,16H,2-4H2,1H3. The summed E-state index contributed by atoms with van der Waals surface area (Å²) in [6.07, 6.45) is 3.80. The maximum atomic E-state index is 10.4. The lowest BCUT2D eigenvalue weighted by Crippen LogP contribution is -2.04. The first-order valence-electron chi connectivity index (χ1n) is 5.24. The van der Waals surface area contributed by atoms with Gasteiger partial charge in [-0.15, -0.1) is 0 Å². The number of aryl methyl sites for hydroxylation is 1. The minimum Gasteiger partial charge on any atom is -0.507 e. The molecule has 2 rings (SSSR count). The van der Waals surface area contributed by atoms with E-state index in [-0.39, 0.29) is 5.75 Å². The van der Waals surface area contributed by atoms with Crippen molar-refractivity contribution in [3.8, 4) is 5.75 Å². The first kappa shape index (κ1) is 11.2. The topological polar surface area (TPSA) is 49.7 Å². The number of benzene rings is 1. The van der Waals surface area contributed by atoms with Crippen molar-refractivity contribution in [2.24, 2.45) is 4.99 Å². The lowest BCUT2D eigenvalue weighted by molar-refractivity contribution is 0.453. The predicted molar refractivity (Wildman–Crippen MR) is 61.5 cm³/mol. The highest BCUT2D eigenvalue weighted by atomic mass is 35.5. The number of isocyanates is 1. The number of hydrogen-bond donors (Lipinski definition) is 1. The van der Waals surface area contributed by atoms with E-state index in [1.165, 1.54) is 0 Å². The Morgan fingerprint density at radius 1 is 1.56 bits per heavy atom. The van der Waals surface area contributed by atoms with Crippen LogP contribution in [0.25, 0.3) is 0 Å². The highest BCUT2D eigenvalue weighted by Crippen LogP contribution is 2.53. The monoisotopic (exact) mass is 237 g/mol. The van der Waals surface area contributed by atoms with Crippen LogP contribution >= 0.6 is 11.6 Å². The molecule has 0 bridgehead atoms. The number of phenols is 1. The molecule has 0 heterocycles. The molecule has 0 unspecified atom stereocenters. The molecular formula is C12H12ClNO2. The van der Waals surface area contributed by atoms with Gasteiger partial charge in [-0.1, -0.05) is 18.5 Å². The third-order valence-corrected chi connectivity index (χ3v) is 3.24. The zero-order chi connectivity index (χ0) is 11.8. The number of carbonyl (C=O) groups excluding carboxylic acids is 1. The van der Waals surface area contributed by atoms with E-state index in [9.17, 15) is 9.90 Å². The SMILES string of the molecule is CCc1cc(Cl)cc(C2(N=C=O)CC2)c1O. The molecule has 1 aliphatic rings. The summed E-state index contributed by atoms with van der Waals surface area (Å²) in [6.45, 7) is 1.94. The lowest BCUT2D eigenvalue weighted by atomic mass is 9.99. The molecule has 0 atom stereocenters. The largest absolute Gasteiger partial charge is 0.507 e. The zero-order valence-electron chi connectivity index (χ0n) is 8.96. The normalized spacial score (nSPS) is 16.6. The van der Waals surface area contributed by atoms with Gasteiger partial charge in [0, 0.05) is 10.6 Å². The molecule has 0 radical (unpaired) electrons. The van der Waals surface area contributed by atoms with Gasteiger partial charge in [-0.05, 0) is 37.0 Å². The van der Waals surface area contributed by atoms with Gasteiger partial charge in [0.15, 0.2) is 0 Å². The van der Waals surface area contributed by atoms with Gasteiger partial charge in [-0.3, -0.25) is 0 Å². The molecule has 1 fully saturated rings. The van der Waals surface area contributed by atoms with Gasteiger partial charge in [0.25, 0.3) is 0 Å². The van der Waals surface area contributed by atoms with Crippen LogP contribution < -0.4 is 0 Å². The molecule has 0 aliphatic heterocycles. The Balaban J connectivity index is 2.56. The average molecular weight is 238 g/mol. The molecule has 1 aromatic carbocycles. The molecule has 0 saturated heterocycles. The summed E-state index contributed by atoms with van der Waals surface area (Å²) in [7, 11) is 0. The average Bonchev–Trinajstić information content (AvgIpc) is 3.02. The summed E-state index contributed by atoms with van der Waals surface area (Å²) in [5.41, 5.74) is 0.871. The van der Waals surface area contributed by atoms with Crippen LogP contribution in [-0.4, -0.2) is 11.2 Å². The van der Waals surface area contributed by atoms with E-state index < -0.39 is 5.54 Å². The molecule has 3 nitrogen and oxygen atoms in total. The van der Waals surface area contributed by atoms with Crippen LogP contribution in [0.15, 0.2) is 17.1 Å². The van der Waals surface area contributed by atoms with Gasteiger partial charge < -0.3 is 5.11 Å². The number of halogens is 1. The second-order valence-corrected chi connectivity index (χ2v) is 4.49. The third kappa shape index (κ3) is 1.73. The highest BCUT2D eigenvalue weighted by molar-refractivity contribution is 6.30. The summed E-state index contributed by atoms with van der Waals surface area (Å²) in [5, 5.41) is 10.6. The second kappa shape index (κ2) is 3.93. The Morgan fingerprint density at radius 3 is 2.75 bits per heavy atom. The number of aliphatic imine (C=N–C) groups is 1. The second-order valence-electron chi connectivity index (χ2n) is 4.05. The fourth-order valence-corrected chi connectivity index (χ4v) is 2.17. The number of nitrogens with zero attached hydrogens (tertiary/aromatic N) is 1. The summed E-state index contributed by atoms with van der Waals surface area (Å²) in [5.74, 6) is 0.211. The molecule has 4 heteroatoms. The Kier molecular flexibility index (Phi) is 2.75. The minimum absolute atomic E-state index is 0.211. The predicted octanol–water partition coefficient (Wildman–Crippen LogP) is 2.93. The number of rotatable bonds is 3. The van der Waals surface area contributed by atoms with Crippen LogP contribution in [0.5, 0.6) is 5.75 Å². The van der Waals surface area contributed by atoms with Crippen LogP contribution in [0.1, 0.15) is 30.9 Å². The highest BCUT2D eigenvalue weighted by Gasteiger charge is 2.47. The molecule has 0 aromatic heterocycles. The molecule has 0 spiro atoms. The molecule has 16 heavy (non-hydrogen) atoms. The van der Waals surface area contributed by atoms with Crippen LogP contribution in [0.3, 0.4) is 0 Å². The van der Waals surface area contributed by atoms with Crippen molar-refractivity contribution in [2.45, 2.75) is 31.7 Å². The number of hydrogen-bond acceptors (Lipinski definition) is 3. The van der Waals surface area contributed by atoms with Crippen molar-refractivity contribution < 1.29 is 9.90 Å².